The van der Waals surface area contributed by atoms with Crippen molar-refractivity contribution in [3.8, 4) is 0 Å². The number of aromatic nitrogens is 3. The summed E-state index contributed by atoms with van der Waals surface area (Å²) in [4.78, 5) is 4.12. The Morgan fingerprint density at radius 2 is 2.24 bits per heavy atom. The fraction of sp³-hybridized carbons (Fsp3) is 0.400. The molecule has 0 saturated carbocycles. The van der Waals surface area contributed by atoms with Crippen LogP contribution in [0.2, 0.25) is 0 Å². The molecule has 1 N–H and O–H groups in total. The summed E-state index contributed by atoms with van der Waals surface area (Å²) in [5, 5.41) is 4.17. The van der Waals surface area contributed by atoms with Crippen LogP contribution in [-0.4, -0.2) is 28.8 Å². The molecule has 0 unspecified atom stereocenters. The number of aryl methyl sites for hydroxylation is 1. The van der Waals surface area contributed by atoms with Crippen LogP contribution in [0.1, 0.15) is 19.0 Å². The van der Waals surface area contributed by atoms with Crippen LogP contribution in [0.25, 0.3) is 5.65 Å². The van der Waals surface area contributed by atoms with E-state index in [0.29, 0.717) is 17.8 Å². The summed E-state index contributed by atoms with van der Waals surface area (Å²) in [5.41, 5.74) is 1.96. The quantitative estimate of drug-likeness (QED) is 0.889. The van der Waals surface area contributed by atoms with Crippen LogP contribution >= 0.6 is 0 Å². The Hall–Kier alpha value is -1.63. The molecule has 0 fully saturated rings. The number of hydrogen-bond donors (Lipinski definition) is 1. The molecule has 2 aromatic heterocycles. The van der Waals surface area contributed by atoms with Crippen molar-refractivity contribution in [1.82, 2.24) is 14.6 Å². The van der Waals surface area contributed by atoms with Crippen molar-refractivity contribution in [3.05, 3.63) is 24.2 Å². The predicted octanol–water partition coefficient (Wildman–Crippen LogP) is 1.19. The van der Waals surface area contributed by atoms with Gasteiger partial charge in [-0.2, -0.15) is 5.10 Å². The van der Waals surface area contributed by atoms with Gasteiger partial charge in [0.15, 0.2) is 5.65 Å². The first-order valence-electron chi connectivity index (χ1n) is 5.33. The van der Waals surface area contributed by atoms with Gasteiger partial charge < -0.3 is 0 Å². The summed E-state index contributed by atoms with van der Waals surface area (Å²) in [6, 6.07) is 1.82. The molecule has 0 radical (unpaired) electrons. The van der Waals surface area contributed by atoms with Crippen molar-refractivity contribution < 1.29 is 8.42 Å². The third-order valence-corrected chi connectivity index (χ3v) is 3.67. The van der Waals surface area contributed by atoms with Crippen LogP contribution in [0.5, 0.6) is 0 Å². The molecule has 6 nitrogen and oxygen atoms in total. The molecule has 0 aliphatic heterocycles. The maximum atomic E-state index is 11.6. The molecular weight excluding hydrogens is 240 g/mol. The smallest absolute Gasteiger partial charge is 0.232 e. The number of rotatable bonds is 4. The molecule has 0 aliphatic carbocycles. The summed E-state index contributed by atoms with van der Waals surface area (Å²) < 4.78 is 27.2. The topological polar surface area (TPSA) is 76.4 Å². The van der Waals surface area contributed by atoms with Gasteiger partial charge in [-0.05, 0) is 13.3 Å². The summed E-state index contributed by atoms with van der Waals surface area (Å²) in [6.45, 7) is 3.67. The minimum atomic E-state index is -3.28. The summed E-state index contributed by atoms with van der Waals surface area (Å²) in [6.07, 6.45) is 3.68. The Morgan fingerprint density at radius 3 is 2.94 bits per heavy atom. The molecule has 0 saturated heterocycles. The lowest BCUT2D eigenvalue weighted by atomic mass is 10.5. The maximum absolute atomic E-state index is 11.6. The first-order chi connectivity index (χ1) is 8.00. The van der Waals surface area contributed by atoms with Crippen LogP contribution in [0.4, 0.5) is 5.69 Å². The van der Waals surface area contributed by atoms with Gasteiger partial charge >= 0.3 is 0 Å². The molecular formula is C10H14N4O2S. The Balaban J connectivity index is 2.31. The van der Waals surface area contributed by atoms with Gasteiger partial charge in [-0.1, -0.05) is 6.92 Å². The van der Waals surface area contributed by atoms with Gasteiger partial charge in [-0.3, -0.25) is 4.72 Å². The second kappa shape index (κ2) is 4.33. The van der Waals surface area contributed by atoms with Crippen molar-refractivity contribution in [2.75, 3.05) is 10.5 Å². The highest BCUT2D eigenvalue weighted by Gasteiger charge is 2.09. The lowest BCUT2D eigenvalue weighted by molar-refractivity contribution is 0.600. The largest absolute Gasteiger partial charge is 0.280 e. The zero-order valence-corrected chi connectivity index (χ0v) is 10.5. The average Bonchev–Trinajstić information content (AvgIpc) is 2.56. The van der Waals surface area contributed by atoms with Crippen molar-refractivity contribution >= 4 is 21.4 Å². The zero-order chi connectivity index (χ0) is 12.5. The maximum Gasteiger partial charge on any atom is 0.232 e. The summed E-state index contributed by atoms with van der Waals surface area (Å²) >= 11 is 0. The third-order valence-electron chi connectivity index (χ3n) is 2.18. The molecule has 7 heteroatoms. The highest BCUT2D eigenvalue weighted by molar-refractivity contribution is 7.92. The highest BCUT2D eigenvalue weighted by atomic mass is 32.2. The number of fused-ring (bicyclic) bond motifs is 1. The average molecular weight is 254 g/mol. The Bertz CT molecular complexity index is 633. The van der Waals surface area contributed by atoms with Crippen LogP contribution in [0.15, 0.2) is 18.5 Å². The molecule has 0 spiro atoms. The Morgan fingerprint density at radius 1 is 1.47 bits per heavy atom. The van der Waals surface area contributed by atoms with E-state index in [2.05, 4.69) is 14.8 Å². The number of nitrogens with zero attached hydrogens (tertiary/aromatic N) is 3. The van der Waals surface area contributed by atoms with Gasteiger partial charge in [0.25, 0.3) is 0 Å². The second-order valence-corrected chi connectivity index (χ2v) is 5.69. The molecule has 2 rings (SSSR count). The van der Waals surface area contributed by atoms with Crippen LogP contribution in [-0.2, 0) is 10.0 Å². The second-order valence-electron chi connectivity index (χ2n) is 3.85. The van der Waals surface area contributed by atoms with E-state index in [9.17, 15) is 8.42 Å². The van der Waals surface area contributed by atoms with Gasteiger partial charge in [-0.15, -0.1) is 0 Å². The minimum Gasteiger partial charge on any atom is -0.280 e. The summed E-state index contributed by atoms with van der Waals surface area (Å²) in [5.74, 6) is 0.100. The molecule has 0 amide bonds. The van der Waals surface area contributed by atoms with Gasteiger partial charge in [0, 0.05) is 6.07 Å². The molecule has 0 bridgehead atoms. The van der Waals surface area contributed by atoms with Crippen LogP contribution in [0.3, 0.4) is 0 Å². The zero-order valence-electron chi connectivity index (χ0n) is 9.71. The molecule has 2 aromatic rings. The van der Waals surface area contributed by atoms with E-state index in [-0.39, 0.29) is 5.75 Å². The Labute approximate surface area is 99.7 Å². The fourth-order valence-electron chi connectivity index (χ4n) is 1.55. The third kappa shape index (κ3) is 2.73. The van der Waals surface area contributed by atoms with E-state index in [4.69, 9.17) is 0 Å². The van der Waals surface area contributed by atoms with Crippen LogP contribution < -0.4 is 4.72 Å². The SMILES string of the molecule is CCCS(=O)(=O)Nc1cnc2cc(C)nn2c1. The molecule has 0 atom stereocenters. The van der Waals surface area contributed by atoms with Crippen molar-refractivity contribution in [1.29, 1.82) is 0 Å². The van der Waals surface area contributed by atoms with Crippen molar-refractivity contribution in [2.45, 2.75) is 20.3 Å². The number of sulfonamides is 1. The molecule has 92 valence electrons. The number of hydrogen-bond acceptors (Lipinski definition) is 4. The van der Waals surface area contributed by atoms with Gasteiger partial charge in [-0.25, -0.2) is 17.9 Å². The minimum absolute atomic E-state index is 0.100. The number of anilines is 1. The first-order valence-corrected chi connectivity index (χ1v) is 6.98. The van der Waals surface area contributed by atoms with E-state index in [1.807, 2.05) is 19.9 Å². The summed E-state index contributed by atoms with van der Waals surface area (Å²) in [7, 11) is -3.28. The molecule has 0 aromatic carbocycles. The number of nitrogens with one attached hydrogen (secondary N) is 1. The highest BCUT2D eigenvalue weighted by Crippen LogP contribution is 2.10. The van der Waals surface area contributed by atoms with Crippen molar-refractivity contribution in [3.63, 3.8) is 0 Å². The molecule has 0 aliphatic rings. The van der Waals surface area contributed by atoms with E-state index < -0.39 is 10.0 Å². The monoisotopic (exact) mass is 254 g/mol. The lowest BCUT2D eigenvalue weighted by Crippen LogP contribution is -2.16. The predicted molar refractivity (Wildman–Crippen MR) is 65.4 cm³/mol. The molecule has 2 heterocycles. The van der Waals surface area contributed by atoms with Gasteiger partial charge in [0.05, 0.1) is 29.5 Å². The first kappa shape index (κ1) is 11.8. The van der Waals surface area contributed by atoms with Gasteiger partial charge in [0.2, 0.25) is 10.0 Å². The fourth-order valence-corrected chi connectivity index (χ4v) is 2.65. The van der Waals surface area contributed by atoms with Crippen LogP contribution in [0, 0.1) is 6.92 Å². The molecule has 17 heavy (non-hydrogen) atoms. The van der Waals surface area contributed by atoms with Crippen molar-refractivity contribution in [2.24, 2.45) is 0 Å². The van der Waals surface area contributed by atoms with E-state index in [1.54, 1.807) is 10.7 Å². The van der Waals surface area contributed by atoms with E-state index in [0.717, 1.165) is 5.69 Å². The van der Waals surface area contributed by atoms with E-state index in [1.165, 1.54) is 6.20 Å². The Kier molecular flexibility index (Phi) is 3.01. The van der Waals surface area contributed by atoms with Gasteiger partial charge in [0.1, 0.15) is 0 Å². The standard InChI is InChI=1S/C10H14N4O2S/c1-3-4-17(15,16)13-9-6-11-10-5-8(2)12-14(10)7-9/h5-7,13H,3-4H2,1-2H3. The normalized spacial score (nSPS) is 11.9. The lowest BCUT2D eigenvalue weighted by Gasteiger charge is -2.06. The van der Waals surface area contributed by atoms with E-state index >= 15 is 0 Å².